The van der Waals surface area contributed by atoms with Crippen molar-refractivity contribution in [3.8, 4) is 22.6 Å². The fourth-order valence-electron chi connectivity index (χ4n) is 2.65. The predicted octanol–water partition coefficient (Wildman–Crippen LogP) is 4.65. The molecule has 1 unspecified atom stereocenters. The highest BCUT2D eigenvalue weighted by molar-refractivity contribution is 7.48. The van der Waals surface area contributed by atoms with Crippen molar-refractivity contribution in [3.05, 3.63) is 47.5 Å². The number of hydrogen-bond donors (Lipinski definition) is 1. The molecule has 0 aliphatic carbocycles. The first-order valence-electron chi connectivity index (χ1n) is 7.97. The standard InChI is InChI=1S/C18H21O6P/c1-12(2)24-25(20,21-3)23-10-13-4-6-17-16-7-5-15(19)9-14(16)11-22-18(17)8-13/h4-9,12,19H,10-11H2,1-3H3. The second kappa shape index (κ2) is 7.18. The summed E-state index contributed by atoms with van der Waals surface area (Å²) in [5.74, 6) is 0.938. The maximum absolute atomic E-state index is 12.3. The third-order valence-electron chi connectivity index (χ3n) is 3.76. The van der Waals surface area contributed by atoms with Crippen LogP contribution in [0.3, 0.4) is 0 Å². The van der Waals surface area contributed by atoms with Gasteiger partial charge in [-0.1, -0.05) is 18.2 Å². The van der Waals surface area contributed by atoms with Crippen LogP contribution >= 0.6 is 7.82 Å². The molecular weight excluding hydrogens is 343 g/mol. The minimum absolute atomic E-state index is 0.0803. The highest BCUT2D eigenvalue weighted by Crippen LogP contribution is 2.50. The Bertz CT molecular complexity index is 817. The Morgan fingerprint density at radius 1 is 1.20 bits per heavy atom. The normalized spacial score (nSPS) is 15.2. The van der Waals surface area contributed by atoms with Crippen molar-refractivity contribution in [1.29, 1.82) is 0 Å². The summed E-state index contributed by atoms with van der Waals surface area (Å²) >= 11 is 0. The van der Waals surface area contributed by atoms with Gasteiger partial charge in [-0.15, -0.1) is 0 Å². The number of rotatable bonds is 6. The Balaban J connectivity index is 1.79. The van der Waals surface area contributed by atoms with Crippen molar-refractivity contribution in [2.75, 3.05) is 7.11 Å². The molecule has 0 saturated heterocycles. The van der Waals surface area contributed by atoms with Crippen molar-refractivity contribution in [2.24, 2.45) is 0 Å². The van der Waals surface area contributed by atoms with Crippen LogP contribution in [0.1, 0.15) is 25.0 Å². The fraction of sp³-hybridized carbons (Fsp3) is 0.333. The fourth-order valence-corrected chi connectivity index (χ4v) is 3.73. The van der Waals surface area contributed by atoms with E-state index < -0.39 is 7.82 Å². The van der Waals surface area contributed by atoms with Crippen LogP contribution < -0.4 is 4.74 Å². The van der Waals surface area contributed by atoms with Gasteiger partial charge in [0.05, 0.1) is 12.7 Å². The van der Waals surface area contributed by atoms with Crippen molar-refractivity contribution in [1.82, 2.24) is 0 Å². The van der Waals surface area contributed by atoms with E-state index in [0.29, 0.717) is 6.61 Å². The SMILES string of the molecule is COP(=O)(OCc1ccc2c(c1)OCc1cc(O)ccc1-2)OC(C)C. The van der Waals surface area contributed by atoms with Gasteiger partial charge in [0.15, 0.2) is 0 Å². The van der Waals surface area contributed by atoms with Crippen LogP contribution in [0.5, 0.6) is 11.5 Å². The summed E-state index contributed by atoms with van der Waals surface area (Å²) in [6.07, 6.45) is -0.273. The highest BCUT2D eigenvalue weighted by atomic mass is 31.2. The molecule has 25 heavy (non-hydrogen) atoms. The molecule has 0 fully saturated rings. The van der Waals surface area contributed by atoms with Crippen LogP contribution in [-0.2, 0) is 31.4 Å². The lowest BCUT2D eigenvalue weighted by Crippen LogP contribution is -2.07. The van der Waals surface area contributed by atoms with Crippen molar-refractivity contribution >= 4 is 7.82 Å². The summed E-state index contributed by atoms with van der Waals surface area (Å²) in [7, 11) is -2.28. The van der Waals surface area contributed by atoms with Gasteiger partial charge in [0.1, 0.15) is 18.1 Å². The number of phosphoric acid groups is 1. The molecule has 134 valence electrons. The van der Waals surface area contributed by atoms with Gasteiger partial charge in [-0.05, 0) is 43.2 Å². The number of phenols is 1. The van der Waals surface area contributed by atoms with E-state index in [9.17, 15) is 9.67 Å². The van der Waals surface area contributed by atoms with E-state index >= 15 is 0 Å². The van der Waals surface area contributed by atoms with Crippen molar-refractivity contribution in [2.45, 2.75) is 33.2 Å². The van der Waals surface area contributed by atoms with E-state index in [0.717, 1.165) is 28.0 Å². The molecule has 3 rings (SSSR count). The van der Waals surface area contributed by atoms with E-state index in [-0.39, 0.29) is 18.5 Å². The molecule has 1 aliphatic rings. The molecule has 2 aromatic rings. The molecule has 0 bridgehead atoms. The van der Waals surface area contributed by atoms with Crippen LogP contribution in [0.2, 0.25) is 0 Å². The molecule has 1 atom stereocenters. The number of phosphoric ester groups is 1. The first kappa shape index (κ1) is 18.0. The topological polar surface area (TPSA) is 74.2 Å². The van der Waals surface area contributed by atoms with E-state index in [4.69, 9.17) is 18.3 Å². The molecule has 6 nitrogen and oxygen atoms in total. The molecule has 7 heteroatoms. The largest absolute Gasteiger partial charge is 0.508 e. The summed E-state index contributed by atoms with van der Waals surface area (Å²) in [5, 5.41) is 9.59. The average molecular weight is 364 g/mol. The second-order valence-corrected chi connectivity index (χ2v) is 7.75. The average Bonchev–Trinajstić information content (AvgIpc) is 2.58. The third kappa shape index (κ3) is 4.05. The van der Waals surface area contributed by atoms with Crippen LogP contribution in [0.15, 0.2) is 36.4 Å². The molecule has 1 heterocycles. The maximum Gasteiger partial charge on any atom is 0.475 e. The van der Waals surface area contributed by atoms with E-state index in [1.54, 1.807) is 26.0 Å². The van der Waals surface area contributed by atoms with Crippen LogP contribution in [0.25, 0.3) is 11.1 Å². The molecule has 2 aromatic carbocycles. The van der Waals surface area contributed by atoms with Crippen molar-refractivity contribution in [3.63, 3.8) is 0 Å². The smallest absolute Gasteiger partial charge is 0.475 e. The number of benzene rings is 2. The van der Waals surface area contributed by atoms with Crippen LogP contribution in [-0.4, -0.2) is 18.3 Å². The molecule has 1 aliphatic heterocycles. The molecule has 1 N–H and O–H groups in total. The summed E-state index contributed by atoms with van der Waals surface area (Å²) < 4.78 is 33.6. The molecular formula is C18H21O6P. The third-order valence-corrected chi connectivity index (χ3v) is 5.33. The Hall–Kier alpha value is -1.85. The predicted molar refractivity (Wildman–Crippen MR) is 93.5 cm³/mol. The Labute approximate surface area is 146 Å². The molecule has 0 saturated carbocycles. The molecule has 0 spiro atoms. The Morgan fingerprint density at radius 2 is 1.96 bits per heavy atom. The summed E-state index contributed by atoms with van der Waals surface area (Å²) in [5.41, 5.74) is 3.70. The summed E-state index contributed by atoms with van der Waals surface area (Å²) in [4.78, 5) is 0. The minimum atomic E-state index is -3.58. The lowest BCUT2D eigenvalue weighted by atomic mass is 9.96. The van der Waals surface area contributed by atoms with E-state index in [2.05, 4.69) is 0 Å². The van der Waals surface area contributed by atoms with Gasteiger partial charge in [-0.3, -0.25) is 13.6 Å². The monoisotopic (exact) mass is 364 g/mol. The molecule has 0 aromatic heterocycles. The Morgan fingerprint density at radius 3 is 2.68 bits per heavy atom. The first-order valence-corrected chi connectivity index (χ1v) is 9.43. The quantitative estimate of drug-likeness (QED) is 0.752. The molecule has 0 radical (unpaired) electrons. The lowest BCUT2D eigenvalue weighted by molar-refractivity contribution is 0.101. The maximum atomic E-state index is 12.3. The van der Waals surface area contributed by atoms with E-state index in [1.165, 1.54) is 7.11 Å². The molecule has 0 amide bonds. The van der Waals surface area contributed by atoms with Gasteiger partial charge in [-0.25, -0.2) is 4.57 Å². The summed E-state index contributed by atoms with van der Waals surface area (Å²) in [6, 6.07) is 10.9. The summed E-state index contributed by atoms with van der Waals surface area (Å²) in [6.45, 7) is 3.99. The number of fused-ring (bicyclic) bond motifs is 3. The number of aromatic hydroxyl groups is 1. The van der Waals surface area contributed by atoms with Gasteiger partial charge in [0.25, 0.3) is 0 Å². The number of hydrogen-bond acceptors (Lipinski definition) is 6. The number of ether oxygens (including phenoxy) is 1. The zero-order valence-electron chi connectivity index (χ0n) is 14.4. The van der Waals surface area contributed by atoms with Crippen LogP contribution in [0.4, 0.5) is 0 Å². The van der Waals surface area contributed by atoms with E-state index in [1.807, 2.05) is 24.3 Å². The lowest BCUT2D eigenvalue weighted by Gasteiger charge is -2.22. The second-order valence-electron chi connectivity index (χ2n) is 6.02. The zero-order chi connectivity index (χ0) is 18.0. The van der Waals surface area contributed by atoms with Gasteiger partial charge in [0, 0.05) is 18.2 Å². The zero-order valence-corrected chi connectivity index (χ0v) is 15.3. The van der Waals surface area contributed by atoms with Gasteiger partial charge < -0.3 is 9.84 Å². The number of phenolic OH excluding ortho intramolecular Hbond substituents is 1. The Kier molecular flexibility index (Phi) is 5.16. The highest BCUT2D eigenvalue weighted by Gasteiger charge is 2.27. The van der Waals surface area contributed by atoms with Crippen LogP contribution in [0, 0.1) is 0 Å². The van der Waals surface area contributed by atoms with Gasteiger partial charge in [0.2, 0.25) is 0 Å². The van der Waals surface area contributed by atoms with Crippen molar-refractivity contribution < 1.29 is 28.0 Å². The van der Waals surface area contributed by atoms with Gasteiger partial charge in [-0.2, -0.15) is 0 Å². The minimum Gasteiger partial charge on any atom is -0.508 e. The first-order chi connectivity index (χ1) is 11.9. The van der Waals surface area contributed by atoms with Gasteiger partial charge >= 0.3 is 7.82 Å².